The lowest BCUT2D eigenvalue weighted by atomic mass is 10.2. The van der Waals surface area contributed by atoms with Crippen molar-refractivity contribution in [3.63, 3.8) is 0 Å². The summed E-state index contributed by atoms with van der Waals surface area (Å²) in [5.74, 6) is -0.304. The van der Waals surface area contributed by atoms with Crippen LogP contribution in [0.25, 0.3) is 10.2 Å². The molecule has 0 aliphatic carbocycles. The van der Waals surface area contributed by atoms with Crippen molar-refractivity contribution in [1.29, 1.82) is 0 Å². The second-order valence-corrected chi connectivity index (χ2v) is 6.13. The van der Waals surface area contributed by atoms with Crippen LogP contribution in [-0.4, -0.2) is 15.6 Å². The molecule has 1 aromatic carbocycles. The van der Waals surface area contributed by atoms with E-state index in [9.17, 15) is 4.79 Å². The molecule has 5 nitrogen and oxygen atoms in total. The minimum absolute atomic E-state index is 0.139. The van der Waals surface area contributed by atoms with Crippen LogP contribution in [0, 0.1) is 13.8 Å². The van der Waals surface area contributed by atoms with E-state index in [4.69, 9.17) is 16.1 Å². The SMILES string of the molecule is Cc1cc(C(=O)N=c2sc3ccc(Cl)c(C)c3n2C)on1. The third-order valence-electron chi connectivity index (χ3n) is 3.19. The van der Waals surface area contributed by atoms with E-state index >= 15 is 0 Å². The molecule has 2 aromatic heterocycles. The van der Waals surface area contributed by atoms with Crippen LogP contribution in [-0.2, 0) is 7.05 Å². The number of hydrogen-bond acceptors (Lipinski definition) is 4. The van der Waals surface area contributed by atoms with Crippen LogP contribution in [0.15, 0.2) is 27.7 Å². The van der Waals surface area contributed by atoms with Gasteiger partial charge in [-0.25, -0.2) is 0 Å². The number of amides is 1. The highest BCUT2D eigenvalue weighted by Crippen LogP contribution is 2.26. The van der Waals surface area contributed by atoms with Crippen LogP contribution < -0.4 is 4.80 Å². The smallest absolute Gasteiger partial charge is 0.318 e. The highest BCUT2D eigenvalue weighted by Gasteiger charge is 2.13. The molecule has 21 heavy (non-hydrogen) atoms. The largest absolute Gasteiger partial charge is 0.351 e. The molecule has 0 aliphatic rings. The number of carbonyl (C=O) groups excluding carboxylic acids is 1. The zero-order valence-corrected chi connectivity index (χ0v) is 13.2. The molecule has 0 saturated heterocycles. The summed E-state index contributed by atoms with van der Waals surface area (Å²) >= 11 is 7.58. The van der Waals surface area contributed by atoms with Crippen molar-refractivity contribution < 1.29 is 9.32 Å². The van der Waals surface area contributed by atoms with E-state index in [-0.39, 0.29) is 5.76 Å². The van der Waals surface area contributed by atoms with Crippen molar-refractivity contribution in [2.75, 3.05) is 0 Å². The Morgan fingerprint density at radius 2 is 2.19 bits per heavy atom. The molecule has 0 atom stereocenters. The molecule has 0 radical (unpaired) electrons. The molecular weight excluding hydrogens is 310 g/mol. The van der Waals surface area contributed by atoms with Gasteiger partial charge in [0.15, 0.2) is 4.80 Å². The molecule has 0 bridgehead atoms. The number of benzene rings is 1. The third kappa shape index (κ3) is 2.41. The number of aromatic nitrogens is 2. The summed E-state index contributed by atoms with van der Waals surface area (Å²) in [6, 6.07) is 5.35. The zero-order chi connectivity index (χ0) is 15.1. The summed E-state index contributed by atoms with van der Waals surface area (Å²) in [6.45, 7) is 3.70. The number of fused-ring (bicyclic) bond motifs is 1. The van der Waals surface area contributed by atoms with Gasteiger partial charge in [-0.05, 0) is 31.5 Å². The molecule has 0 saturated carbocycles. The maximum absolute atomic E-state index is 12.1. The number of rotatable bonds is 1. The lowest BCUT2D eigenvalue weighted by Gasteiger charge is -2.01. The second kappa shape index (κ2) is 5.13. The molecular formula is C14H12ClN3O2S. The maximum atomic E-state index is 12.1. The number of aryl methyl sites for hydroxylation is 3. The fourth-order valence-electron chi connectivity index (χ4n) is 2.12. The van der Waals surface area contributed by atoms with E-state index < -0.39 is 5.91 Å². The molecule has 108 valence electrons. The fourth-order valence-corrected chi connectivity index (χ4v) is 3.35. The summed E-state index contributed by atoms with van der Waals surface area (Å²) in [7, 11) is 1.86. The van der Waals surface area contributed by atoms with Crippen LogP contribution in [0.3, 0.4) is 0 Å². The first kappa shape index (κ1) is 14.0. The average molecular weight is 322 g/mol. The summed E-state index contributed by atoms with van der Waals surface area (Å²) < 4.78 is 7.83. The fraction of sp³-hybridized carbons (Fsp3) is 0.214. The Balaban J connectivity index is 2.17. The van der Waals surface area contributed by atoms with Gasteiger partial charge in [-0.1, -0.05) is 28.1 Å². The van der Waals surface area contributed by atoms with Crippen LogP contribution >= 0.6 is 22.9 Å². The zero-order valence-electron chi connectivity index (χ0n) is 11.7. The number of hydrogen-bond donors (Lipinski definition) is 0. The van der Waals surface area contributed by atoms with Crippen LogP contribution in [0.2, 0.25) is 5.02 Å². The quantitative estimate of drug-likeness (QED) is 0.691. The van der Waals surface area contributed by atoms with Gasteiger partial charge in [0.2, 0.25) is 5.76 Å². The Morgan fingerprint density at radius 1 is 1.43 bits per heavy atom. The van der Waals surface area contributed by atoms with Gasteiger partial charge < -0.3 is 9.09 Å². The number of nitrogens with zero attached hydrogens (tertiary/aromatic N) is 3. The lowest BCUT2D eigenvalue weighted by molar-refractivity contribution is 0.0962. The highest BCUT2D eigenvalue weighted by molar-refractivity contribution is 7.16. The number of halogens is 1. The van der Waals surface area contributed by atoms with Gasteiger partial charge in [0.1, 0.15) is 0 Å². The van der Waals surface area contributed by atoms with Gasteiger partial charge in [0, 0.05) is 18.1 Å². The number of carbonyl (C=O) groups is 1. The summed E-state index contributed by atoms with van der Waals surface area (Å²) in [6.07, 6.45) is 0. The van der Waals surface area contributed by atoms with Crippen molar-refractivity contribution >= 4 is 39.1 Å². The Hall–Kier alpha value is -1.92. The predicted molar refractivity (Wildman–Crippen MR) is 81.7 cm³/mol. The minimum Gasteiger partial charge on any atom is -0.351 e. The normalized spacial score (nSPS) is 12.3. The van der Waals surface area contributed by atoms with Gasteiger partial charge >= 0.3 is 5.91 Å². The Labute approximate surface area is 129 Å². The molecule has 3 aromatic rings. The van der Waals surface area contributed by atoms with Crippen molar-refractivity contribution in [1.82, 2.24) is 9.72 Å². The molecule has 1 amide bonds. The molecule has 0 aliphatic heterocycles. The van der Waals surface area contributed by atoms with Crippen molar-refractivity contribution in [2.24, 2.45) is 12.0 Å². The maximum Gasteiger partial charge on any atom is 0.318 e. The molecule has 0 spiro atoms. The standard InChI is InChI=1S/C14H12ClN3O2S/c1-7-6-10(20-17-7)13(19)16-14-18(3)12-8(2)9(15)4-5-11(12)21-14/h4-6H,1-3H3. The van der Waals surface area contributed by atoms with E-state index in [0.717, 1.165) is 15.8 Å². The molecule has 7 heteroatoms. The molecule has 3 rings (SSSR count). The monoisotopic (exact) mass is 321 g/mol. The third-order valence-corrected chi connectivity index (χ3v) is 4.69. The molecule has 0 N–H and O–H groups in total. The first-order valence-electron chi connectivity index (χ1n) is 6.24. The van der Waals surface area contributed by atoms with Gasteiger partial charge in [0.05, 0.1) is 15.9 Å². The second-order valence-electron chi connectivity index (χ2n) is 4.71. The van der Waals surface area contributed by atoms with E-state index in [1.54, 1.807) is 13.0 Å². The van der Waals surface area contributed by atoms with Gasteiger partial charge in [-0.15, -0.1) is 0 Å². The average Bonchev–Trinajstić information content (AvgIpc) is 3.00. The molecule has 0 fully saturated rings. The summed E-state index contributed by atoms with van der Waals surface area (Å²) in [4.78, 5) is 16.8. The van der Waals surface area contributed by atoms with Gasteiger partial charge in [-0.3, -0.25) is 4.79 Å². The number of thiazole rings is 1. The predicted octanol–water partition coefficient (Wildman–Crippen LogP) is 3.24. The van der Waals surface area contributed by atoms with E-state index in [0.29, 0.717) is 15.5 Å². The minimum atomic E-state index is -0.443. The van der Waals surface area contributed by atoms with Crippen molar-refractivity contribution in [3.8, 4) is 0 Å². The van der Waals surface area contributed by atoms with Crippen LogP contribution in [0.1, 0.15) is 21.8 Å². The topological polar surface area (TPSA) is 60.4 Å². The first-order chi connectivity index (χ1) is 9.97. The van der Waals surface area contributed by atoms with Gasteiger partial charge in [0.25, 0.3) is 0 Å². The Morgan fingerprint density at radius 3 is 2.86 bits per heavy atom. The van der Waals surface area contributed by atoms with E-state index in [2.05, 4.69) is 10.1 Å². The van der Waals surface area contributed by atoms with Crippen LogP contribution in [0.4, 0.5) is 0 Å². The van der Waals surface area contributed by atoms with Crippen molar-refractivity contribution in [3.05, 3.63) is 45.0 Å². The lowest BCUT2D eigenvalue weighted by Crippen LogP contribution is -2.13. The van der Waals surface area contributed by atoms with Crippen molar-refractivity contribution in [2.45, 2.75) is 13.8 Å². The van der Waals surface area contributed by atoms with Gasteiger partial charge in [-0.2, -0.15) is 4.99 Å². The van der Waals surface area contributed by atoms with E-state index in [1.807, 2.05) is 30.7 Å². The Kier molecular flexibility index (Phi) is 3.43. The Bertz CT molecular complexity index is 920. The van der Waals surface area contributed by atoms with Crippen LogP contribution in [0.5, 0.6) is 0 Å². The summed E-state index contributed by atoms with van der Waals surface area (Å²) in [5.41, 5.74) is 2.60. The van der Waals surface area contributed by atoms with E-state index in [1.165, 1.54) is 11.3 Å². The molecule has 2 heterocycles. The summed E-state index contributed by atoms with van der Waals surface area (Å²) in [5, 5.41) is 4.39. The first-order valence-corrected chi connectivity index (χ1v) is 7.44. The highest BCUT2D eigenvalue weighted by atomic mass is 35.5. The molecule has 0 unspecified atom stereocenters.